The van der Waals surface area contributed by atoms with Crippen LogP contribution in [0, 0.1) is 5.92 Å². The highest BCUT2D eigenvalue weighted by atomic mass is 35.5. The standard InChI is InChI=1S/C14H20Cl2N2S/c1-2-7-17-13-11(15)8-12(16)14(18-13)19-9-10-5-3-4-6-10/h8,10H,2-7,9H2,1H3,(H,17,18). The molecule has 1 fully saturated rings. The molecule has 1 heterocycles. The van der Waals surface area contributed by atoms with Crippen LogP contribution < -0.4 is 5.32 Å². The molecule has 1 aromatic heterocycles. The Bertz CT molecular complexity index is 420. The Morgan fingerprint density at radius 1 is 1.32 bits per heavy atom. The van der Waals surface area contributed by atoms with Gasteiger partial charge in [-0.2, -0.15) is 0 Å². The first-order valence-corrected chi connectivity index (χ1v) is 8.67. The molecule has 5 heteroatoms. The zero-order chi connectivity index (χ0) is 13.7. The molecule has 0 aliphatic heterocycles. The topological polar surface area (TPSA) is 24.9 Å². The number of thioether (sulfide) groups is 1. The van der Waals surface area contributed by atoms with Gasteiger partial charge in [0.05, 0.1) is 10.0 Å². The Morgan fingerprint density at radius 2 is 2.05 bits per heavy atom. The summed E-state index contributed by atoms with van der Waals surface area (Å²) in [4.78, 5) is 4.56. The van der Waals surface area contributed by atoms with Gasteiger partial charge < -0.3 is 5.32 Å². The van der Waals surface area contributed by atoms with Crippen molar-refractivity contribution in [2.75, 3.05) is 17.6 Å². The molecule has 2 rings (SSSR count). The van der Waals surface area contributed by atoms with Gasteiger partial charge in [0.15, 0.2) is 0 Å². The molecule has 1 aliphatic carbocycles. The summed E-state index contributed by atoms with van der Waals surface area (Å²) in [5, 5.41) is 5.41. The molecule has 1 saturated carbocycles. The molecule has 1 aliphatic rings. The Labute approximate surface area is 129 Å². The Kier molecular flexibility index (Phi) is 6.11. The van der Waals surface area contributed by atoms with E-state index in [4.69, 9.17) is 23.2 Å². The summed E-state index contributed by atoms with van der Waals surface area (Å²) in [7, 11) is 0. The van der Waals surface area contributed by atoms with Crippen molar-refractivity contribution in [3.63, 3.8) is 0 Å². The highest BCUT2D eigenvalue weighted by Gasteiger charge is 2.17. The highest BCUT2D eigenvalue weighted by molar-refractivity contribution is 7.99. The minimum Gasteiger partial charge on any atom is -0.369 e. The lowest BCUT2D eigenvalue weighted by Crippen LogP contribution is -2.04. The number of aromatic nitrogens is 1. The molecule has 1 N–H and O–H groups in total. The minimum atomic E-state index is 0.601. The van der Waals surface area contributed by atoms with Crippen molar-refractivity contribution in [1.82, 2.24) is 4.98 Å². The Hall–Kier alpha value is -0.120. The van der Waals surface area contributed by atoms with E-state index >= 15 is 0 Å². The van der Waals surface area contributed by atoms with E-state index in [9.17, 15) is 0 Å². The van der Waals surface area contributed by atoms with Crippen LogP contribution in [0.4, 0.5) is 5.82 Å². The molecule has 0 spiro atoms. The van der Waals surface area contributed by atoms with E-state index in [1.165, 1.54) is 25.7 Å². The van der Waals surface area contributed by atoms with E-state index < -0.39 is 0 Å². The van der Waals surface area contributed by atoms with Crippen molar-refractivity contribution in [2.24, 2.45) is 5.92 Å². The fraction of sp³-hybridized carbons (Fsp3) is 0.643. The molecule has 19 heavy (non-hydrogen) atoms. The van der Waals surface area contributed by atoms with Gasteiger partial charge in [0.1, 0.15) is 10.8 Å². The van der Waals surface area contributed by atoms with Crippen LogP contribution in [-0.2, 0) is 0 Å². The SMILES string of the molecule is CCCNc1nc(SCC2CCCC2)c(Cl)cc1Cl. The molecule has 0 unspecified atom stereocenters. The smallest absolute Gasteiger partial charge is 0.146 e. The number of hydrogen-bond acceptors (Lipinski definition) is 3. The maximum absolute atomic E-state index is 6.23. The fourth-order valence-corrected chi connectivity index (χ4v) is 3.96. The zero-order valence-electron chi connectivity index (χ0n) is 11.2. The van der Waals surface area contributed by atoms with Crippen molar-refractivity contribution in [2.45, 2.75) is 44.1 Å². The number of hydrogen-bond donors (Lipinski definition) is 1. The van der Waals surface area contributed by atoms with Crippen molar-refractivity contribution < 1.29 is 0 Å². The number of anilines is 1. The maximum Gasteiger partial charge on any atom is 0.146 e. The van der Waals surface area contributed by atoms with Gasteiger partial charge >= 0.3 is 0 Å². The average Bonchev–Trinajstić information content (AvgIpc) is 2.90. The number of halogens is 2. The van der Waals surface area contributed by atoms with Crippen LogP contribution in [0.2, 0.25) is 10.0 Å². The summed E-state index contributed by atoms with van der Waals surface area (Å²) in [6, 6.07) is 1.80. The van der Waals surface area contributed by atoms with Gasteiger partial charge in [0, 0.05) is 12.3 Å². The van der Waals surface area contributed by atoms with E-state index in [2.05, 4.69) is 17.2 Å². The first-order chi connectivity index (χ1) is 9.20. The first kappa shape index (κ1) is 15.3. The molecular formula is C14H20Cl2N2S. The van der Waals surface area contributed by atoms with Crippen molar-refractivity contribution in [1.29, 1.82) is 0 Å². The second-order valence-corrected chi connectivity index (χ2v) is 6.82. The van der Waals surface area contributed by atoms with Crippen molar-refractivity contribution in [3.05, 3.63) is 16.1 Å². The Balaban J connectivity index is 2.01. The predicted octanol–water partition coefficient (Wildman–Crippen LogP) is 5.49. The second-order valence-electron chi connectivity index (χ2n) is 4.99. The van der Waals surface area contributed by atoms with E-state index in [0.29, 0.717) is 10.0 Å². The quantitative estimate of drug-likeness (QED) is 0.702. The van der Waals surface area contributed by atoms with Crippen LogP contribution in [0.1, 0.15) is 39.0 Å². The number of nitrogens with zero attached hydrogens (tertiary/aromatic N) is 1. The van der Waals surface area contributed by atoms with Crippen LogP contribution in [0.3, 0.4) is 0 Å². The largest absolute Gasteiger partial charge is 0.369 e. The third kappa shape index (κ3) is 4.44. The molecule has 1 aromatic rings. The van der Waals surface area contributed by atoms with Crippen LogP contribution in [0.5, 0.6) is 0 Å². The van der Waals surface area contributed by atoms with Gasteiger partial charge in [0.25, 0.3) is 0 Å². The van der Waals surface area contributed by atoms with Gasteiger partial charge in [-0.05, 0) is 31.2 Å². The van der Waals surface area contributed by atoms with Gasteiger partial charge in [-0.1, -0.05) is 43.0 Å². The van der Waals surface area contributed by atoms with Gasteiger partial charge in [-0.25, -0.2) is 4.98 Å². The molecule has 106 valence electrons. The summed E-state index contributed by atoms with van der Waals surface area (Å²) in [5.74, 6) is 2.69. The van der Waals surface area contributed by atoms with Crippen LogP contribution in [-0.4, -0.2) is 17.3 Å². The maximum atomic E-state index is 6.23. The van der Waals surface area contributed by atoms with E-state index in [1.807, 2.05) is 0 Å². The molecule has 0 saturated heterocycles. The number of pyridine rings is 1. The van der Waals surface area contributed by atoms with Crippen LogP contribution in [0.25, 0.3) is 0 Å². The normalized spacial score (nSPS) is 15.9. The lowest BCUT2D eigenvalue weighted by atomic mass is 10.1. The van der Waals surface area contributed by atoms with E-state index in [0.717, 1.165) is 35.5 Å². The zero-order valence-corrected chi connectivity index (χ0v) is 13.5. The summed E-state index contributed by atoms with van der Waals surface area (Å²) in [6.45, 7) is 2.99. The van der Waals surface area contributed by atoms with E-state index in [1.54, 1.807) is 17.8 Å². The van der Waals surface area contributed by atoms with E-state index in [-0.39, 0.29) is 0 Å². The second kappa shape index (κ2) is 7.61. The summed E-state index contributed by atoms with van der Waals surface area (Å²) >= 11 is 14.1. The van der Waals surface area contributed by atoms with Crippen molar-refractivity contribution >= 4 is 40.8 Å². The number of nitrogens with one attached hydrogen (secondary N) is 1. The minimum absolute atomic E-state index is 0.601. The summed E-state index contributed by atoms with van der Waals surface area (Å²) in [6.07, 6.45) is 6.48. The Morgan fingerprint density at radius 3 is 2.74 bits per heavy atom. The molecule has 0 aromatic carbocycles. The third-order valence-corrected chi connectivity index (χ3v) is 5.28. The molecule has 0 radical (unpaired) electrons. The fourth-order valence-electron chi connectivity index (χ4n) is 2.29. The van der Waals surface area contributed by atoms with Gasteiger partial charge in [-0.15, -0.1) is 11.8 Å². The summed E-state index contributed by atoms with van der Waals surface area (Å²) < 4.78 is 0. The van der Waals surface area contributed by atoms with Crippen LogP contribution in [0.15, 0.2) is 11.1 Å². The van der Waals surface area contributed by atoms with Gasteiger partial charge in [0.2, 0.25) is 0 Å². The molecule has 0 atom stereocenters. The van der Waals surface area contributed by atoms with Gasteiger partial charge in [-0.3, -0.25) is 0 Å². The monoisotopic (exact) mass is 318 g/mol. The average molecular weight is 319 g/mol. The molecule has 0 bridgehead atoms. The molecular weight excluding hydrogens is 299 g/mol. The summed E-state index contributed by atoms with van der Waals surface area (Å²) in [5.41, 5.74) is 0. The van der Waals surface area contributed by atoms with Crippen molar-refractivity contribution in [3.8, 4) is 0 Å². The molecule has 0 amide bonds. The number of rotatable bonds is 6. The van der Waals surface area contributed by atoms with Crippen LogP contribution >= 0.6 is 35.0 Å². The highest BCUT2D eigenvalue weighted by Crippen LogP contribution is 2.35. The third-order valence-electron chi connectivity index (χ3n) is 3.37. The first-order valence-electron chi connectivity index (χ1n) is 6.93. The lowest BCUT2D eigenvalue weighted by molar-refractivity contribution is 0.623. The predicted molar refractivity (Wildman–Crippen MR) is 85.7 cm³/mol. The lowest BCUT2D eigenvalue weighted by Gasteiger charge is -2.12. The molecule has 2 nitrogen and oxygen atoms in total.